The monoisotopic (exact) mass is 293 g/mol. The minimum Gasteiger partial charge on any atom is -0.457 e. The second kappa shape index (κ2) is 6.31. The van der Waals surface area contributed by atoms with Gasteiger partial charge in [-0.15, -0.1) is 0 Å². The summed E-state index contributed by atoms with van der Waals surface area (Å²) in [5, 5.41) is 9.24. The number of nitrogens with zero attached hydrogens (tertiary/aromatic N) is 1. The van der Waals surface area contributed by atoms with Crippen LogP contribution < -0.4 is 4.74 Å². The highest BCUT2D eigenvalue weighted by atomic mass is 16.5. The van der Waals surface area contributed by atoms with Crippen LogP contribution in [-0.2, 0) is 9.53 Å². The van der Waals surface area contributed by atoms with Gasteiger partial charge in [0.2, 0.25) is 6.10 Å². The smallest absolute Gasteiger partial charge is 0.310 e. The van der Waals surface area contributed by atoms with Crippen molar-refractivity contribution in [3.05, 3.63) is 60.2 Å². The van der Waals surface area contributed by atoms with Crippen molar-refractivity contribution in [2.24, 2.45) is 5.92 Å². The van der Waals surface area contributed by atoms with Crippen LogP contribution >= 0.6 is 0 Å². The molecule has 22 heavy (non-hydrogen) atoms. The third-order valence-electron chi connectivity index (χ3n) is 3.40. The Balaban J connectivity index is 1.74. The number of para-hydroxylation sites is 1. The van der Waals surface area contributed by atoms with E-state index in [2.05, 4.69) is 0 Å². The van der Waals surface area contributed by atoms with Gasteiger partial charge in [-0.25, -0.2) is 0 Å². The summed E-state index contributed by atoms with van der Waals surface area (Å²) in [5.74, 6) is 0.995. The Kier molecular flexibility index (Phi) is 4.06. The van der Waals surface area contributed by atoms with Gasteiger partial charge in [-0.1, -0.05) is 30.3 Å². The Hall–Kier alpha value is -2.80. The number of benzene rings is 2. The first kappa shape index (κ1) is 14.2. The molecule has 1 aliphatic carbocycles. The van der Waals surface area contributed by atoms with Crippen molar-refractivity contribution in [3.8, 4) is 17.6 Å². The van der Waals surface area contributed by atoms with E-state index in [0.29, 0.717) is 17.1 Å². The zero-order valence-electron chi connectivity index (χ0n) is 11.9. The van der Waals surface area contributed by atoms with Crippen molar-refractivity contribution in [3.63, 3.8) is 0 Å². The van der Waals surface area contributed by atoms with Crippen LogP contribution in [0.25, 0.3) is 0 Å². The van der Waals surface area contributed by atoms with Gasteiger partial charge < -0.3 is 9.47 Å². The lowest BCUT2D eigenvalue weighted by Crippen LogP contribution is -2.11. The van der Waals surface area contributed by atoms with Gasteiger partial charge in [0, 0.05) is 5.56 Å². The Bertz CT molecular complexity index is 702. The standard InChI is InChI=1S/C18H15NO3/c19-12-17(22-18(20)13-9-10-13)14-5-4-8-16(11-14)21-15-6-2-1-3-7-15/h1-8,11,13,17H,9-10H2/t17-/m0/s1. The number of hydrogen-bond donors (Lipinski definition) is 0. The quantitative estimate of drug-likeness (QED) is 0.782. The van der Waals surface area contributed by atoms with Crippen LogP contribution in [0.4, 0.5) is 0 Å². The molecular formula is C18H15NO3. The number of hydrogen-bond acceptors (Lipinski definition) is 4. The first-order chi connectivity index (χ1) is 10.8. The summed E-state index contributed by atoms with van der Waals surface area (Å²) < 4.78 is 11.0. The van der Waals surface area contributed by atoms with Crippen molar-refractivity contribution in [1.82, 2.24) is 0 Å². The van der Waals surface area contributed by atoms with Gasteiger partial charge in [-0.2, -0.15) is 5.26 Å². The lowest BCUT2D eigenvalue weighted by atomic mass is 10.1. The second-order valence-corrected chi connectivity index (χ2v) is 5.21. The van der Waals surface area contributed by atoms with Gasteiger partial charge in [0.25, 0.3) is 0 Å². The highest BCUT2D eigenvalue weighted by Crippen LogP contribution is 2.33. The van der Waals surface area contributed by atoms with Gasteiger partial charge in [0.1, 0.15) is 17.6 Å². The van der Waals surface area contributed by atoms with E-state index in [-0.39, 0.29) is 11.9 Å². The molecule has 1 atom stereocenters. The molecule has 110 valence electrons. The SMILES string of the molecule is N#C[C@H](OC(=O)C1CC1)c1cccc(Oc2ccccc2)c1. The second-order valence-electron chi connectivity index (χ2n) is 5.21. The van der Waals surface area contributed by atoms with Crippen molar-refractivity contribution >= 4 is 5.97 Å². The minimum absolute atomic E-state index is 0.0281. The Labute approximate surface area is 128 Å². The van der Waals surface area contributed by atoms with E-state index in [1.54, 1.807) is 24.3 Å². The van der Waals surface area contributed by atoms with Gasteiger partial charge in [0.05, 0.1) is 5.92 Å². The van der Waals surface area contributed by atoms with Gasteiger partial charge >= 0.3 is 5.97 Å². The van der Waals surface area contributed by atoms with Crippen LogP contribution in [0, 0.1) is 17.2 Å². The average Bonchev–Trinajstić information content (AvgIpc) is 3.38. The van der Waals surface area contributed by atoms with Crippen LogP contribution in [0.5, 0.6) is 11.5 Å². The number of carbonyl (C=O) groups excluding carboxylic acids is 1. The number of ether oxygens (including phenoxy) is 2. The molecule has 0 aliphatic heterocycles. The van der Waals surface area contributed by atoms with Gasteiger partial charge in [-0.05, 0) is 37.1 Å². The van der Waals surface area contributed by atoms with Crippen molar-refractivity contribution in [1.29, 1.82) is 5.26 Å². The Morgan fingerprint density at radius 2 is 1.82 bits per heavy atom. The molecule has 2 aromatic rings. The summed E-state index contributed by atoms with van der Waals surface area (Å²) in [6, 6.07) is 18.5. The molecule has 0 bridgehead atoms. The molecule has 3 rings (SSSR count). The maximum atomic E-state index is 11.7. The Morgan fingerprint density at radius 1 is 1.09 bits per heavy atom. The molecule has 0 saturated heterocycles. The molecule has 4 heteroatoms. The van der Waals surface area contributed by atoms with Crippen LogP contribution in [-0.4, -0.2) is 5.97 Å². The van der Waals surface area contributed by atoms with Gasteiger partial charge in [-0.3, -0.25) is 4.79 Å². The summed E-state index contributed by atoms with van der Waals surface area (Å²) in [7, 11) is 0. The first-order valence-electron chi connectivity index (χ1n) is 7.19. The topological polar surface area (TPSA) is 59.3 Å². The molecule has 1 fully saturated rings. The molecule has 0 aromatic heterocycles. The van der Waals surface area contributed by atoms with E-state index in [1.807, 2.05) is 36.4 Å². The molecule has 0 amide bonds. The highest BCUT2D eigenvalue weighted by molar-refractivity contribution is 5.75. The lowest BCUT2D eigenvalue weighted by molar-refractivity contribution is -0.148. The van der Waals surface area contributed by atoms with Crippen molar-refractivity contribution < 1.29 is 14.3 Å². The molecular weight excluding hydrogens is 278 g/mol. The Morgan fingerprint density at radius 3 is 2.50 bits per heavy atom. The fraction of sp³-hybridized carbons (Fsp3) is 0.222. The summed E-state index contributed by atoms with van der Waals surface area (Å²) in [5.41, 5.74) is 0.616. The first-order valence-corrected chi connectivity index (χ1v) is 7.19. The van der Waals surface area contributed by atoms with Crippen LogP contribution in [0.3, 0.4) is 0 Å². The van der Waals surface area contributed by atoms with Crippen molar-refractivity contribution in [2.45, 2.75) is 18.9 Å². The van der Waals surface area contributed by atoms with E-state index in [1.165, 1.54) is 0 Å². The molecule has 1 aliphatic rings. The average molecular weight is 293 g/mol. The van der Waals surface area contributed by atoms with E-state index >= 15 is 0 Å². The summed E-state index contributed by atoms with van der Waals surface area (Å²) >= 11 is 0. The molecule has 0 unspecified atom stereocenters. The van der Waals surface area contributed by atoms with Gasteiger partial charge in [0.15, 0.2) is 0 Å². The van der Waals surface area contributed by atoms with Crippen LogP contribution in [0.15, 0.2) is 54.6 Å². The van der Waals surface area contributed by atoms with Crippen LogP contribution in [0.1, 0.15) is 24.5 Å². The zero-order valence-corrected chi connectivity index (χ0v) is 11.9. The summed E-state index contributed by atoms with van der Waals surface area (Å²) in [6.07, 6.45) is 0.815. The van der Waals surface area contributed by atoms with E-state index in [4.69, 9.17) is 9.47 Å². The lowest BCUT2D eigenvalue weighted by Gasteiger charge is -2.12. The fourth-order valence-corrected chi connectivity index (χ4v) is 2.07. The third-order valence-corrected chi connectivity index (χ3v) is 3.40. The zero-order chi connectivity index (χ0) is 15.4. The largest absolute Gasteiger partial charge is 0.457 e. The number of carbonyl (C=O) groups is 1. The molecule has 2 aromatic carbocycles. The van der Waals surface area contributed by atoms with E-state index in [9.17, 15) is 10.1 Å². The highest BCUT2D eigenvalue weighted by Gasteiger charge is 2.33. The normalized spacial score (nSPS) is 14.7. The van der Waals surface area contributed by atoms with E-state index in [0.717, 1.165) is 12.8 Å². The molecule has 4 nitrogen and oxygen atoms in total. The number of esters is 1. The van der Waals surface area contributed by atoms with E-state index < -0.39 is 6.10 Å². The summed E-state index contributed by atoms with van der Waals surface area (Å²) in [6.45, 7) is 0. The molecule has 0 N–H and O–H groups in total. The number of rotatable bonds is 5. The van der Waals surface area contributed by atoms with Crippen molar-refractivity contribution in [2.75, 3.05) is 0 Å². The third kappa shape index (κ3) is 3.44. The number of nitriles is 1. The maximum absolute atomic E-state index is 11.7. The minimum atomic E-state index is -0.896. The maximum Gasteiger partial charge on any atom is 0.310 e. The van der Waals surface area contributed by atoms with Crippen LogP contribution in [0.2, 0.25) is 0 Å². The predicted molar refractivity (Wildman–Crippen MR) is 80.1 cm³/mol. The molecule has 0 radical (unpaired) electrons. The fourth-order valence-electron chi connectivity index (χ4n) is 2.07. The predicted octanol–water partition coefficient (Wildman–Crippen LogP) is 4.00. The molecule has 0 heterocycles. The summed E-state index contributed by atoms with van der Waals surface area (Å²) in [4.78, 5) is 11.7. The molecule has 0 spiro atoms. The molecule has 1 saturated carbocycles.